The fourth-order valence-corrected chi connectivity index (χ4v) is 4.15. The minimum Gasteiger partial charge on any atom is -0.497 e. The highest BCUT2D eigenvalue weighted by Gasteiger charge is 2.41. The zero-order valence-corrected chi connectivity index (χ0v) is 19.6. The molecular formula is C25H32N2O6. The van der Waals surface area contributed by atoms with Gasteiger partial charge >= 0.3 is 0 Å². The Balaban J connectivity index is 1.87. The van der Waals surface area contributed by atoms with E-state index >= 15 is 0 Å². The molecule has 0 spiro atoms. The lowest BCUT2D eigenvalue weighted by atomic mass is 9.87. The first-order chi connectivity index (χ1) is 16.0. The second-order valence-corrected chi connectivity index (χ2v) is 7.90. The molecular weight excluding hydrogens is 424 g/mol. The van der Waals surface area contributed by atoms with Crippen molar-refractivity contribution in [3.63, 3.8) is 0 Å². The van der Waals surface area contributed by atoms with Gasteiger partial charge in [-0.3, -0.25) is 9.59 Å². The Hall–Kier alpha value is -3.26. The third kappa shape index (κ3) is 5.76. The summed E-state index contributed by atoms with van der Waals surface area (Å²) in [6, 6.07) is 12.5. The molecule has 2 atom stereocenters. The molecule has 0 radical (unpaired) electrons. The molecule has 2 amide bonds. The largest absolute Gasteiger partial charge is 0.497 e. The molecule has 0 aliphatic carbocycles. The van der Waals surface area contributed by atoms with Gasteiger partial charge in [-0.15, -0.1) is 0 Å². The minimum atomic E-state index is -0.421. The van der Waals surface area contributed by atoms with Crippen LogP contribution in [0.1, 0.15) is 28.3 Å². The summed E-state index contributed by atoms with van der Waals surface area (Å²) in [6.07, 6.45) is 0.719. The molecule has 33 heavy (non-hydrogen) atoms. The van der Waals surface area contributed by atoms with Gasteiger partial charge in [0.2, 0.25) is 5.91 Å². The summed E-state index contributed by atoms with van der Waals surface area (Å²) < 4.78 is 21.2. The summed E-state index contributed by atoms with van der Waals surface area (Å²) in [5, 5.41) is 2.99. The molecule has 178 valence electrons. The van der Waals surface area contributed by atoms with E-state index in [1.54, 1.807) is 57.6 Å². The quantitative estimate of drug-likeness (QED) is 0.554. The molecule has 0 aromatic heterocycles. The van der Waals surface area contributed by atoms with E-state index < -0.39 is 5.92 Å². The Morgan fingerprint density at radius 2 is 1.64 bits per heavy atom. The highest BCUT2D eigenvalue weighted by atomic mass is 16.5. The standard InChI is InChI=1S/C25H32N2O6/c1-30-13-5-12-26-24(28)22-16-27(25(29)17-6-8-18(31-2)9-7-17)15-21(22)20-14-19(32-3)10-11-23(20)33-4/h6-11,14,21-22H,5,12-13,15-16H2,1-4H3,(H,26,28). The second kappa shape index (κ2) is 11.6. The van der Waals surface area contributed by atoms with E-state index in [4.69, 9.17) is 18.9 Å². The predicted octanol–water partition coefficient (Wildman–Crippen LogP) is 2.72. The van der Waals surface area contributed by atoms with Gasteiger partial charge in [0.05, 0.1) is 27.2 Å². The summed E-state index contributed by atoms with van der Waals surface area (Å²) in [5.41, 5.74) is 1.40. The molecule has 1 heterocycles. The topological polar surface area (TPSA) is 86.3 Å². The van der Waals surface area contributed by atoms with Crippen LogP contribution in [0.2, 0.25) is 0 Å². The maximum Gasteiger partial charge on any atom is 0.253 e. The second-order valence-electron chi connectivity index (χ2n) is 7.90. The lowest BCUT2D eigenvalue weighted by Gasteiger charge is -2.21. The van der Waals surface area contributed by atoms with E-state index in [2.05, 4.69) is 5.32 Å². The van der Waals surface area contributed by atoms with Crippen molar-refractivity contribution in [2.24, 2.45) is 5.92 Å². The van der Waals surface area contributed by atoms with Crippen molar-refractivity contribution in [2.75, 3.05) is 54.7 Å². The maximum atomic E-state index is 13.2. The summed E-state index contributed by atoms with van der Waals surface area (Å²) in [5.74, 6) is 1.14. The van der Waals surface area contributed by atoms with E-state index in [-0.39, 0.29) is 17.7 Å². The minimum absolute atomic E-state index is 0.0917. The third-order valence-electron chi connectivity index (χ3n) is 5.94. The van der Waals surface area contributed by atoms with Crippen LogP contribution in [0.4, 0.5) is 0 Å². The van der Waals surface area contributed by atoms with Gasteiger partial charge in [-0.1, -0.05) is 0 Å². The van der Waals surface area contributed by atoms with E-state index in [0.29, 0.717) is 49.1 Å². The monoisotopic (exact) mass is 456 g/mol. The zero-order chi connectivity index (χ0) is 23.8. The van der Waals surface area contributed by atoms with Crippen molar-refractivity contribution in [1.82, 2.24) is 10.2 Å². The first-order valence-corrected chi connectivity index (χ1v) is 10.9. The normalized spacial score (nSPS) is 17.5. The van der Waals surface area contributed by atoms with E-state index in [1.807, 2.05) is 18.2 Å². The van der Waals surface area contributed by atoms with Crippen LogP contribution in [0.25, 0.3) is 0 Å². The number of likely N-dealkylation sites (tertiary alicyclic amines) is 1. The fraction of sp³-hybridized carbons (Fsp3) is 0.440. The van der Waals surface area contributed by atoms with Gasteiger partial charge in [0.1, 0.15) is 17.2 Å². The SMILES string of the molecule is COCCCNC(=O)C1CN(C(=O)c2ccc(OC)cc2)CC1c1cc(OC)ccc1OC. The molecule has 3 rings (SSSR count). The van der Waals surface area contributed by atoms with Crippen LogP contribution in [0, 0.1) is 5.92 Å². The molecule has 8 heteroatoms. The summed E-state index contributed by atoms with van der Waals surface area (Å²) >= 11 is 0. The Morgan fingerprint density at radius 1 is 0.939 bits per heavy atom. The Labute approximate surface area is 194 Å². The smallest absolute Gasteiger partial charge is 0.253 e. The first kappa shape index (κ1) is 24.4. The fourth-order valence-electron chi connectivity index (χ4n) is 4.15. The van der Waals surface area contributed by atoms with Crippen LogP contribution >= 0.6 is 0 Å². The van der Waals surface area contributed by atoms with Crippen LogP contribution in [0.5, 0.6) is 17.2 Å². The molecule has 0 bridgehead atoms. The van der Waals surface area contributed by atoms with Crippen molar-refractivity contribution in [3.8, 4) is 17.2 Å². The van der Waals surface area contributed by atoms with Gasteiger partial charge in [-0.05, 0) is 48.9 Å². The zero-order valence-electron chi connectivity index (χ0n) is 19.6. The summed E-state index contributed by atoms with van der Waals surface area (Å²) in [7, 11) is 6.41. The Morgan fingerprint density at radius 3 is 2.27 bits per heavy atom. The molecule has 1 aliphatic rings. The number of ether oxygens (including phenoxy) is 4. The molecule has 8 nitrogen and oxygen atoms in total. The van der Waals surface area contributed by atoms with E-state index in [9.17, 15) is 9.59 Å². The third-order valence-corrected chi connectivity index (χ3v) is 5.94. The van der Waals surface area contributed by atoms with Gasteiger partial charge in [0.15, 0.2) is 0 Å². The molecule has 0 saturated carbocycles. The van der Waals surface area contributed by atoms with E-state index in [0.717, 1.165) is 12.0 Å². The van der Waals surface area contributed by atoms with Gasteiger partial charge in [0.25, 0.3) is 5.91 Å². The Bertz CT molecular complexity index is 946. The maximum absolute atomic E-state index is 13.2. The molecule has 1 fully saturated rings. The molecule has 1 N–H and O–H groups in total. The average Bonchev–Trinajstić information content (AvgIpc) is 3.31. The number of rotatable bonds is 10. The number of nitrogens with one attached hydrogen (secondary N) is 1. The van der Waals surface area contributed by atoms with Crippen molar-refractivity contribution in [2.45, 2.75) is 12.3 Å². The van der Waals surface area contributed by atoms with Crippen molar-refractivity contribution in [1.29, 1.82) is 0 Å². The van der Waals surface area contributed by atoms with Gasteiger partial charge in [-0.25, -0.2) is 0 Å². The van der Waals surface area contributed by atoms with E-state index in [1.165, 1.54) is 0 Å². The van der Waals surface area contributed by atoms with Crippen LogP contribution in [-0.2, 0) is 9.53 Å². The first-order valence-electron chi connectivity index (χ1n) is 10.9. The predicted molar refractivity (Wildman–Crippen MR) is 124 cm³/mol. The van der Waals surface area contributed by atoms with Crippen molar-refractivity contribution in [3.05, 3.63) is 53.6 Å². The number of hydrogen-bond donors (Lipinski definition) is 1. The highest BCUT2D eigenvalue weighted by Crippen LogP contribution is 2.40. The molecule has 1 aliphatic heterocycles. The van der Waals surface area contributed by atoms with Crippen LogP contribution in [0.3, 0.4) is 0 Å². The van der Waals surface area contributed by atoms with Crippen molar-refractivity contribution < 1.29 is 28.5 Å². The number of benzene rings is 2. The van der Waals surface area contributed by atoms with Crippen LogP contribution < -0.4 is 19.5 Å². The summed E-state index contributed by atoms with van der Waals surface area (Å²) in [4.78, 5) is 28.1. The number of amides is 2. The van der Waals surface area contributed by atoms with Crippen LogP contribution in [0.15, 0.2) is 42.5 Å². The average molecular weight is 457 g/mol. The highest BCUT2D eigenvalue weighted by molar-refractivity contribution is 5.95. The number of methoxy groups -OCH3 is 4. The van der Waals surface area contributed by atoms with Crippen molar-refractivity contribution >= 4 is 11.8 Å². The lowest BCUT2D eigenvalue weighted by molar-refractivity contribution is -0.125. The van der Waals surface area contributed by atoms with Gasteiger partial charge < -0.3 is 29.2 Å². The van der Waals surface area contributed by atoms with Gasteiger partial charge in [0, 0.05) is 50.4 Å². The number of nitrogens with zero attached hydrogens (tertiary/aromatic N) is 1. The Kier molecular flexibility index (Phi) is 8.54. The summed E-state index contributed by atoms with van der Waals surface area (Å²) in [6.45, 7) is 1.79. The lowest BCUT2D eigenvalue weighted by Crippen LogP contribution is -2.36. The van der Waals surface area contributed by atoms with Crippen LogP contribution in [-0.4, -0.2) is 71.4 Å². The molecule has 2 unspecified atom stereocenters. The molecule has 2 aromatic rings. The number of carbonyl (C=O) groups excluding carboxylic acids is 2. The number of carbonyl (C=O) groups is 2. The molecule has 1 saturated heterocycles. The number of hydrogen-bond acceptors (Lipinski definition) is 6. The van der Waals surface area contributed by atoms with Gasteiger partial charge in [-0.2, -0.15) is 0 Å². The molecule has 2 aromatic carbocycles.